The minimum absolute atomic E-state index is 0.139. The first-order chi connectivity index (χ1) is 8.78. The second kappa shape index (κ2) is 4.79. The maximum absolute atomic E-state index is 8.98. The Labute approximate surface area is 116 Å². The number of hydrogen-bond acceptors (Lipinski definition) is 4. The molecule has 0 unspecified atom stereocenters. The molecule has 3 aromatic rings. The molecule has 0 bridgehead atoms. The van der Waals surface area contributed by atoms with E-state index in [-0.39, 0.29) is 6.61 Å². The lowest BCUT2D eigenvalue weighted by Gasteiger charge is -1.95. The largest absolute Gasteiger partial charge is 0.396 e. The van der Waals surface area contributed by atoms with E-state index in [1.54, 1.807) is 17.7 Å². The zero-order chi connectivity index (χ0) is 12.5. The molecule has 0 aliphatic rings. The number of rotatable bonds is 3. The highest BCUT2D eigenvalue weighted by Crippen LogP contribution is 2.32. The van der Waals surface area contributed by atoms with Gasteiger partial charge in [-0.3, -0.25) is 0 Å². The number of aromatic nitrogens is 3. The Morgan fingerprint density at radius 1 is 1.39 bits per heavy atom. The molecule has 0 atom stereocenters. The maximum Gasteiger partial charge on any atom is 0.125 e. The van der Waals surface area contributed by atoms with Crippen LogP contribution in [-0.2, 0) is 6.42 Å². The van der Waals surface area contributed by atoms with Crippen molar-refractivity contribution in [3.63, 3.8) is 0 Å². The van der Waals surface area contributed by atoms with Crippen LogP contribution in [-0.4, -0.2) is 26.7 Å². The molecule has 2 aromatic heterocycles. The van der Waals surface area contributed by atoms with E-state index in [2.05, 4.69) is 30.9 Å². The molecule has 3 rings (SSSR count). The summed E-state index contributed by atoms with van der Waals surface area (Å²) in [5, 5.41) is 9.93. The molecule has 1 aromatic carbocycles. The molecule has 2 N–H and O–H groups in total. The van der Waals surface area contributed by atoms with Gasteiger partial charge in [0.2, 0.25) is 0 Å². The zero-order valence-electron chi connectivity index (χ0n) is 9.35. The Balaban J connectivity index is 2.05. The SMILES string of the molecule is OCCc1sc(-c2ccc3nc[nH]c3c2)nc1Br. The third-order valence-electron chi connectivity index (χ3n) is 2.66. The monoisotopic (exact) mass is 323 g/mol. The van der Waals surface area contributed by atoms with E-state index >= 15 is 0 Å². The van der Waals surface area contributed by atoms with Gasteiger partial charge in [-0.05, 0) is 34.1 Å². The van der Waals surface area contributed by atoms with Crippen molar-refractivity contribution >= 4 is 38.3 Å². The van der Waals surface area contributed by atoms with Gasteiger partial charge in [-0.15, -0.1) is 11.3 Å². The van der Waals surface area contributed by atoms with Gasteiger partial charge in [0.15, 0.2) is 0 Å². The second-order valence-corrected chi connectivity index (χ2v) is 5.68. The summed E-state index contributed by atoms with van der Waals surface area (Å²) in [4.78, 5) is 12.8. The number of halogens is 1. The summed E-state index contributed by atoms with van der Waals surface area (Å²) in [5.74, 6) is 0. The molecular weight excluding hydrogens is 314 g/mol. The summed E-state index contributed by atoms with van der Waals surface area (Å²) in [5.41, 5.74) is 3.01. The number of benzene rings is 1. The van der Waals surface area contributed by atoms with Gasteiger partial charge in [-0.25, -0.2) is 9.97 Å². The summed E-state index contributed by atoms with van der Waals surface area (Å²) in [7, 11) is 0. The molecule has 0 saturated carbocycles. The molecule has 0 amide bonds. The van der Waals surface area contributed by atoms with Crippen molar-refractivity contribution in [2.24, 2.45) is 0 Å². The van der Waals surface area contributed by atoms with Gasteiger partial charge in [0.25, 0.3) is 0 Å². The number of aliphatic hydroxyl groups is 1. The third kappa shape index (κ3) is 2.07. The predicted octanol–water partition coefficient (Wildman–Crippen LogP) is 2.98. The van der Waals surface area contributed by atoms with E-state index in [4.69, 9.17) is 5.11 Å². The summed E-state index contributed by atoms with van der Waals surface area (Å²) >= 11 is 5.02. The molecule has 0 aliphatic carbocycles. The smallest absolute Gasteiger partial charge is 0.125 e. The first-order valence-corrected chi connectivity index (χ1v) is 7.08. The van der Waals surface area contributed by atoms with Gasteiger partial charge < -0.3 is 10.1 Å². The second-order valence-electron chi connectivity index (χ2n) is 3.84. The summed E-state index contributed by atoms with van der Waals surface area (Å²) in [6.45, 7) is 0.139. The molecule has 18 heavy (non-hydrogen) atoms. The average Bonchev–Trinajstić information content (AvgIpc) is 2.96. The molecule has 0 radical (unpaired) electrons. The van der Waals surface area contributed by atoms with Crippen molar-refractivity contribution in [3.8, 4) is 10.6 Å². The summed E-state index contributed by atoms with van der Waals surface area (Å²) in [6.07, 6.45) is 2.31. The Bertz CT molecular complexity index is 692. The number of aromatic amines is 1. The standard InChI is InChI=1S/C12H10BrN3OS/c13-11-10(3-4-17)18-12(16-11)7-1-2-8-9(5-7)15-6-14-8/h1-2,5-6,17H,3-4H2,(H,14,15). The molecular formula is C12H10BrN3OS. The Hall–Kier alpha value is -1.24. The van der Waals surface area contributed by atoms with E-state index in [0.717, 1.165) is 31.1 Å². The van der Waals surface area contributed by atoms with E-state index in [0.29, 0.717) is 6.42 Å². The molecule has 4 nitrogen and oxygen atoms in total. The lowest BCUT2D eigenvalue weighted by molar-refractivity contribution is 0.300. The van der Waals surface area contributed by atoms with Crippen molar-refractivity contribution in [2.45, 2.75) is 6.42 Å². The molecule has 0 spiro atoms. The fourth-order valence-electron chi connectivity index (χ4n) is 1.78. The molecule has 92 valence electrons. The molecule has 0 fully saturated rings. The molecule has 2 heterocycles. The van der Waals surface area contributed by atoms with E-state index in [1.807, 2.05) is 18.2 Å². The minimum Gasteiger partial charge on any atom is -0.396 e. The highest BCUT2D eigenvalue weighted by molar-refractivity contribution is 9.10. The lowest BCUT2D eigenvalue weighted by Crippen LogP contribution is -1.86. The van der Waals surface area contributed by atoms with Crippen LogP contribution in [0.3, 0.4) is 0 Å². The minimum atomic E-state index is 0.139. The number of thiazole rings is 1. The third-order valence-corrected chi connectivity index (χ3v) is 4.74. The number of hydrogen-bond donors (Lipinski definition) is 2. The van der Waals surface area contributed by atoms with Crippen LogP contribution < -0.4 is 0 Å². The number of H-pyrrole nitrogens is 1. The number of aliphatic hydroxyl groups excluding tert-OH is 1. The van der Waals surface area contributed by atoms with Crippen LogP contribution in [0.5, 0.6) is 0 Å². The summed E-state index contributed by atoms with van der Waals surface area (Å²) in [6, 6.07) is 6.02. The highest BCUT2D eigenvalue weighted by atomic mass is 79.9. The number of imidazole rings is 1. The summed E-state index contributed by atoms with van der Waals surface area (Å²) < 4.78 is 0.821. The van der Waals surface area contributed by atoms with E-state index < -0.39 is 0 Å². The quantitative estimate of drug-likeness (QED) is 0.778. The van der Waals surface area contributed by atoms with Crippen molar-refractivity contribution in [2.75, 3.05) is 6.61 Å². The maximum atomic E-state index is 8.98. The Kier molecular flexibility index (Phi) is 3.15. The topological polar surface area (TPSA) is 61.8 Å². The van der Waals surface area contributed by atoms with Crippen LogP contribution >= 0.6 is 27.3 Å². The van der Waals surface area contributed by atoms with E-state index in [9.17, 15) is 0 Å². The predicted molar refractivity (Wildman–Crippen MR) is 75.7 cm³/mol. The van der Waals surface area contributed by atoms with Gasteiger partial charge in [0.05, 0.1) is 17.4 Å². The van der Waals surface area contributed by atoms with Crippen LogP contribution in [0.1, 0.15) is 4.88 Å². The van der Waals surface area contributed by atoms with Gasteiger partial charge in [0.1, 0.15) is 9.61 Å². The van der Waals surface area contributed by atoms with Gasteiger partial charge >= 0.3 is 0 Å². The van der Waals surface area contributed by atoms with Crippen LogP contribution in [0, 0.1) is 0 Å². The van der Waals surface area contributed by atoms with Crippen LogP contribution in [0.25, 0.3) is 21.6 Å². The first kappa shape index (κ1) is 11.8. The molecule has 0 saturated heterocycles. The fourth-order valence-corrected chi connectivity index (χ4v) is 3.46. The van der Waals surface area contributed by atoms with Gasteiger partial charge in [-0.2, -0.15) is 0 Å². The van der Waals surface area contributed by atoms with Gasteiger partial charge in [0, 0.05) is 23.5 Å². The fraction of sp³-hybridized carbons (Fsp3) is 0.167. The molecule has 0 aliphatic heterocycles. The van der Waals surface area contributed by atoms with E-state index in [1.165, 1.54) is 0 Å². The van der Waals surface area contributed by atoms with Crippen LogP contribution in [0.2, 0.25) is 0 Å². The number of nitrogens with zero attached hydrogens (tertiary/aromatic N) is 2. The van der Waals surface area contributed by atoms with Crippen molar-refractivity contribution in [1.29, 1.82) is 0 Å². The zero-order valence-corrected chi connectivity index (χ0v) is 11.8. The number of fused-ring (bicyclic) bond motifs is 1. The normalized spacial score (nSPS) is 11.2. The van der Waals surface area contributed by atoms with Crippen LogP contribution in [0.4, 0.5) is 0 Å². The van der Waals surface area contributed by atoms with Crippen molar-refractivity contribution < 1.29 is 5.11 Å². The average molecular weight is 324 g/mol. The Morgan fingerprint density at radius 2 is 2.28 bits per heavy atom. The van der Waals surface area contributed by atoms with Crippen LogP contribution in [0.15, 0.2) is 29.1 Å². The van der Waals surface area contributed by atoms with Crippen molar-refractivity contribution in [1.82, 2.24) is 15.0 Å². The highest BCUT2D eigenvalue weighted by Gasteiger charge is 2.10. The van der Waals surface area contributed by atoms with Crippen molar-refractivity contribution in [3.05, 3.63) is 34.0 Å². The first-order valence-electron chi connectivity index (χ1n) is 5.47. The Morgan fingerprint density at radius 3 is 3.11 bits per heavy atom. The van der Waals surface area contributed by atoms with Gasteiger partial charge in [-0.1, -0.05) is 0 Å². The molecule has 6 heteroatoms. The lowest BCUT2D eigenvalue weighted by atomic mass is 10.2. The number of nitrogens with one attached hydrogen (secondary N) is 1.